The summed E-state index contributed by atoms with van der Waals surface area (Å²) in [5.74, 6) is 1.55. The third-order valence-electron chi connectivity index (χ3n) is 9.94. The predicted octanol–water partition coefficient (Wildman–Crippen LogP) is 12.0. The molecule has 0 spiro atoms. The number of benzene rings is 7. The van der Waals surface area contributed by atoms with Gasteiger partial charge in [0.2, 0.25) is 0 Å². The normalized spacial score (nSPS) is 14.9. The molecule has 1 unspecified atom stereocenters. The highest BCUT2D eigenvalue weighted by Gasteiger charge is 2.26. The number of hydrogen-bond acceptors (Lipinski definition) is 6. The summed E-state index contributed by atoms with van der Waals surface area (Å²) < 4.78 is 15.6. The van der Waals surface area contributed by atoms with Crippen molar-refractivity contribution >= 4 is 87.1 Å². The molecular weight excluding hydrogens is 647 g/mol. The van der Waals surface area contributed by atoms with Crippen LogP contribution in [0.5, 0.6) is 0 Å². The first-order valence-corrected chi connectivity index (χ1v) is 17.8. The van der Waals surface area contributed by atoms with Gasteiger partial charge in [0.1, 0.15) is 34.0 Å². The molecule has 7 aromatic carbocycles. The van der Waals surface area contributed by atoms with Crippen molar-refractivity contribution in [3.05, 3.63) is 168 Å². The maximum atomic E-state index is 6.58. The van der Waals surface area contributed by atoms with Crippen LogP contribution in [-0.2, 0) is 0 Å². The second kappa shape index (κ2) is 11.0. The lowest BCUT2D eigenvalue weighted by Crippen LogP contribution is -2.36. The van der Waals surface area contributed by atoms with Crippen LogP contribution in [0.1, 0.15) is 22.9 Å². The molecule has 1 atom stereocenters. The van der Waals surface area contributed by atoms with Crippen LogP contribution in [0.15, 0.2) is 170 Å². The number of hydrogen-bond donors (Lipinski definition) is 1. The van der Waals surface area contributed by atoms with Gasteiger partial charge in [-0.25, -0.2) is 9.98 Å². The highest BCUT2D eigenvalue weighted by molar-refractivity contribution is 7.25. The van der Waals surface area contributed by atoms with Crippen LogP contribution in [0, 0.1) is 0 Å². The van der Waals surface area contributed by atoms with E-state index in [-0.39, 0.29) is 0 Å². The number of rotatable bonds is 4. The Morgan fingerprint density at radius 2 is 1.16 bits per heavy atom. The molecule has 0 bridgehead atoms. The Labute approximate surface area is 295 Å². The van der Waals surface area contributed by atoms with Crippen molar-refractivity contribution in [3.63, 3.8) is 0 Å². The van der Waals surface area contributed by atoms with E-state index in [0.29, 0.717) is 0 Å². The van der Waals surface area contributed by atoms with Gasteiger partial charge >= 0.3 is 0 Å². The van der Waals surface area contributed by atoms with Gasteiger partial charge in [-0.1, -0.05) is 115 Å². The van der Waals surface area contributed by atoms with E-state index in [1.54, 1.807) is 11.3 Å². The van der Waals surface area contributed by atoms with E-state index in [2.05, 4.69) is 115 Å². The number of aliphatic imine (C=N–C) groups is 2. The van der Waals surface area contributed by atoms with Crippen molar-refractivity contribution in [3.8, 4) is 11.1 Å². The molecule has 6 heteroatoms. The lowest BCUT2D eigenvalue weighted by molar-refractivity contribution is 0.667. The van der Waals surface area contributed by atoms with E-state index in [9.17, 15) is 0 Å². The van der Waals surface area contributed by atoms with Crippen LogP contribution >= 0.6 is 11.3 Å². The first kappa shape index (κ1) is 28.3. The quantitative estimate of drug-likeness (QED) is 0.202. The van der Waals surface area contributed by atoms with Gasteiger partial charge in [-0.15, -0.1) is 11.3 Å². The maximum Gasteiger partial charge on any atom is 0.170 e. The second-order valence-electron chi connectivity index (χ2n) is 12.9. The molecule has 0 fully saturated rings. The molecule has 11 rings (SSSR count). The van der Waals surface area contributed by atoms with Crippen molar-refractivity contribution in [2.75, 3.05) is 0 Å². The van der Waals surface area contributed by atoms with Gasteiger partial charge in [0.05, 0.1) is 0 Å². The SMILES string of the molecule is c1ccc(C2=NC(c3cc(-c4cccc5c4oc4ccccc45)cc4oc5ccccc5c34)N=C(c3ccc4c(c3)sc3ccccc34)N2)cc1. The van der Waals surface area contributed by atoms with Crippen LogP contribution < -0.4 is 5.32 Å². The average molecular weight is 674 g/mol. The van der Waals surface area contributed by atoms with E-state index in [4.69, 9.17) is 18.8 Å². The van der Waals surface area contributed by atoms with Crippen LogP contribution in [0.4, 0.5) is 0 Å². The number of fused-ring (bicyclic) bond motifs is 9. The monoisotopic (exact) mass is 673 g/mol. The summed E-state index contributed by atoms with van der Waals surface area (Å²) in [6.07, 6.45) is -0.548. The number of para-hydroxylation sites is 3. The fourth-order valence-corrected chi connectivity index (χ4v) is 8.72. The lowest BCUT2D eigenvalue weighted by atomic mass is 9.96. The minimum absolute atomic E-state index is 0.548. The molecular formula is C45H27N3O2S. The summed E-state index contributed by atoms with van der Waals surface area (Å²) in [6.45, 7) is 0. The van der Waals surface area contributed by atoms with Gasteiger partial charge in [-0.3, -0.25) is 0 Å². The van der Waals surface area contributed by atoms with Crippen LogP contribution in [0.25, 0.3) is 75.2 Å². The number of thiophene rings is 1. The van der Waals surface area contributed by atoms with Gasteiger partial charge in [-0.05, 0) is 42.0 Å². The molecule has 240 valence electrons. The summed E-state index contributed by atoms with van der Waals surface area (Å²) in [6, 6.07) is 52.6. The zero-order chi connectivity index (χ0) is 33.5. The molecule has 3 aromatic heterocycles. The zero-order valence-corrected chi connectivity index (χ0v) is 27.9. The standard InChI is InChI=1S/C45H27N3O2S/c1-2-11-26(12-3-1)43-46-44(27-21-22-32-31-14-6-9-20-39(31)51-40(32)25-27)48-45(47-43)35-23-28(24-38-41(35)34-15-5-8-19-37(34)49-38)29-16-10-17-33-30-13-4-7-18-36(30)50-42(29)33/h1-25,45H,(H,46,47,48). The Hall–Kier alpha value is -6.50. The molecule has 0 radical (unpaired) electrons. The highest BCUT2D eigenvalue weighted by atomic mass is 32.1. The molecule has 0 amide bonds. The van der Waals surface area contributed by atoms with Gasteiger partial charge in [-0.2, -0.15) is 0 Å². The van der Waals surface area contributed by atoms with E-state index in [0.717, 1.165) is 83.4 Å². The molecule has 0 saturated heterocycles. The summed E-state index contributed by atoms with van der Waals surface area (Å²) in [7, 11) is 0. The molecule has 0 saturated carbocycles. The van der Waals surface area contributed by atoms with Crippen molar-refractivity contribution in [2.24, 2.45) is 9.98 Å². The molecule has 1 N–H and O–H groups in total. The third kappa shape index (κ3) is 4.47. The number of nitrogens with zero attached hydrogens (tertiary/aromatic N) is 2. The number of nitrogens with one attached hydrogen (secondary N) is 1. The van der Waals surface area contributed by atoms with Gasteiger partial charge in [0, 0.05) is 64.0 Å². The smallest absolute Gasteiger partial charge is 0.170 e. The molecule has 0 aliphatic carbocycles. The van der Waals surface area contributed by atoms with Crippen molar-refractivity contribution < 1.29 is 8.83 Å². The summed E-state index contributed by atoms with van der Waals surface area (Å²) in [4.78, 5) is 10.7. The fourth-order valence-electron chi connectivity index (χ4n) is 7.57. The Morgan fingerprint density at radius 1 is 0.471 bits per heavy atom. The van der Waals surface area contributed by atoms with Gasteiger partial charge < -0.3 is 14.2 Å². The second-order valence-corrected chi connectivity index (χ2v) is 14.0. The molecule has 1 aliphatic heterocycles. The van der Waals surface area contributed by atoms with Gasteiger partial charge in [0.15, 0.2) is 6.17 Å². The molecule has 51 heavy (non-hydrogen) atoms. The van der Waals surface area contributed by atoms with Gasteiger partial charge in [0.25, 0.3) is 0 Å². The predicted molar refractivity (Wildman–Crippen MR) is 211 cm³/mol. The Kier molecular flexibility index (Phi) is 6.12. The van der Waals surface area contributed by atoms with Crippen LogP contribution in [0.2, 0.25) is 0 Å². The van der Waals surface area contributed by atoms with Crippen LogP contribution in [0.3, 0.4) is 0 Å². The van der Waals surface area contributed by atoms with Crippen LogP contribution in [-0.4, -0.2) is 11.7 Å². The Morgan fingerprint density at radius 3 is 2.02 bits per heavy atom. The minimum Gasteiger partial charge on any atom is -0.456 e. The third-order valence-corrected chi connectivity index (χ3v) is 11.1. The van der Waals surface area contributed by atoms with Crippen molar-refractivity contribution in [1.29, 1.82) is 0 Å². The summed E-state index contributed by atoms with van der Waals surface area (Å²) >= 11 is 1.81. The highest BCUT2D eigenvalue weighted by Crippen LogP contribution is 2.43. The Bertz CT molecular complexity index is 3070. The summed E-state index contributed by atoms with van der Waals surface area (Å²) in [5.41, 5.74) is 8.28. The summed E-state index contributed by atoms with van der Waals surface area (Å²) in [5, 5.41) is 10.4. The molecule has 1 aliphatic rings. The largest absolute Gasteiger partial charge is 0.456 e. The number of amidine groups is 2. The lowest BCUT2D eigenvalue weighted by Gasteiger charge is -2.23. The average Bonchev–Trinajstić information content (AvgIpc) is 3.88. The first-order valence-electron chi connectivity index (χ1n) is 17.0. The van der Waals surface area contributed by atoms with E-state index in [1.165, 1.54) is 20.2 Å². The molecule has 5 nitrogen and oxygen atoms in total. The molecule has 10 aromatic rings. The molecule has 4 heterocycles. The van der Waals surface area contributed by atoms with E-state index >= 15 is 0 Å². The topological polar surface area (TPSA) is 63.0 Å². The number of furan rings is 2. The van der Waals surface area contributed by atoms with Crippen molar-refractivity contribution in [2.45, 2.75) is 6.17 Å². The van der Waals surface area contributed by atoms with E-state index < -0.39 is 6.17 Å². The Balaban J connectivity index is 1.16. The fraction of sp³-hybridized carbons (Fsp3) is 0.0222. The maximum absolute atomic E-state index is 6.58. The zero-order valence-electron chi connectivity index (χ0n) is 27.1. The van der Waals surface area contributed by atoms with E-state index in [1.807, 2.05) is 42.5 Å². The minimum atomic E-state index is -0.548. The van der Waals surface area contributed by atoms with Crippen molar-refractivity contribution in [1.82, 2.24) is 5.32 Å². The first-order chi connectivity index (χ1) is 25.2.